The number of aryl methyl sites for hydroxylation is 1. The summed E-state index contributed by atoms with van der Waals surface area (Å²) in [6, 6.07) is 3.08. The molecule has 0 aliphatic rings. The van der Waals surface area contributed by atoms with Gasteiger partial charge in [0.1, 0.15) is 5.76 Å². The standard InChI is InChI=1S/C15H15N5O2S2/c1-2-11-7-17-12(22-11)9-23-13-8-18-15(24-13)20-14(21)19-10-3-5-16-6-4-10/h3-8H,2,9H2,1H3,(H2,16,18,19,20,21). The first kappa shape index (κ1) is 16.5. The van der Waals surface area contributed by atoms with Gasteiger partial charge in [-0.2, -0.15) is 0 Å². The number of hydrogen-bond donors (Lipinski definition) is 2. The first-order valence-corrected chi connectivity index (χ1v) is 9.03. The smallest absolute Gasteiger partial charge is 0.325 e. The van der Waals surface area contributed by atoms with Gasteiger partial charge in [-0.05, 0) is 12.1 Å². The molecule has 7 nitrogen and oxygen atoms in total. The maximum absolute atomic E-state index is 11.9. The van der Waals surface area contributed by atoms with Gasteiger partial charge < -0.3 is 9.73 Å². The van der Waals surface area contributed by atoms with Crippen molar-refractivity contribution in [3.05, 3.63) is 48.6 Å². The second-order valence-electron chi connectivity index (χ2n) is 4.66. The Hall–Kier alpha value is -2.39. The number of thioether (sulfide) groups is 1. The molecule has 3 heterocycles. The molecule has 0 aliphatic carbocycles. The van der Waals surface area contributed by atoms with Crippen molar-refractivity contribution >= 4 is 39.9 Å². The van der Waals surface area contributed by atoms with Crippen LogP contribution in [0.15, 0.2) is 45.5 Å². The first-order valence-electron chi connectivity index (χ1n) is 7.23. The highest BCUT2D eigenvalue weighted by Gasteiger charge is 2.09. The summed E-state index contributed by atoms with van der Waals surface area (Å²) in [5.41, 5.74) is 0.671. The molecule has 3 rings (SSSR count). The molecule has 0 atom stereocenters. The van der Waals surface area contributed by atoms with Gasteiger partial charge in [-0.3, -0.25) is 10.3 Å². The number of aromatic nitrogens is 3. The van der Waals surface area contributed by atoms with Crippen LogP contribution in [0, 0.1) is 0 Å². The lowest BCUT2D eigenvalue weighted by molar-refractivity contribution is 0.262. The van der Waals surface area contributed by atoms with E-state index in [0.717, 1.165) is 16.4 Å². The van der Waals surface area contributed by atoms with Crippen LogP contribution in [0.5, 0.6) is 0 Å². The summed E-state index contributed by atoms with van der Waals surface area (Å²) in [6.45, 7) is 2.02. The normalized spacial score (nSPS) is 10.5. The predicted molar refractivity (Wildman–Crippen MR) is 94.4 cm³/mol. The number of nitrogens with one attached hydrogen (secondary N) is 2. The SMILES string of the molecule is CCc1cnc(CSc2cnc(NC(=O)Nc3ccncc3)s2)o1. The second-order valence-corrected chi connectivity index (χ2v) is 6.97. The zero-order chi connectivity index (χ0) is 16.8. The van der Waals surface area contributed by atoms with E-state index in [2.05, 4.69) is 25.6 Å². The zero-order valence-electron chi connectivity index (χ0n) is 12.9. The van der Waals surface area contributed by atoms with E-state index in [-0.39, 0.29) is 6.03 Å². The van der Waals surface area contributed by atoms with Gasteiger partial charge in [0.2, 0.25) is 5.89 Å². The van der Waals surface area contributed by atoms with Crippen LogP contribution in [0.2, 0.25) is 0 Å². The summed E-state index contributed by atoms with van der Waals surface area (Å²) in [5.74, 6) is 2.20. The van der Waals surface area contributed by atoms with Gasteiger partial charge in [0.05, 0.1) is 22.4 Å². The summed E-state index contributed by atoms with van der Waals surface area (Å²) in [6.07, 6.45) is 7.53. The lowest BCUT2D eigenvalue weighted by Gasteiger charge is -2.04. The number of nitrogens with zero attached hydrogens (tertiary/aromatic N) is 3. The zero-order valence-corrected chi connectivity index (χ0v) is 14.5. The lowest BCUT2D eigenvalue weighted by atomic mass is 10.4. The highest BCUT2D eigenvalue weighted by molar-refractivity contribution is 8.00. The van der Waals surface area contributed by atoms with Crippen LogP contribution in [-0.4, -0.2) is 21.0 Å². The Morgan fingerprint density at radius 2 is 2.08 bits per heavy atom. The minimum Gasteiger partial charge on any atom is -0.445 e. The van der Waals surface area contributed by atoms with Crippen LogP contribution in [0.3, 0.4) is 0 Å². The Kier molecular flexibility index (Phi) is 5.44. The molecule has 124 valence electrons. The van der Waals surface area contributed by atoms with Gasteiger partial charge in [-0.15, -0.1) is 11.8 Å². The maximum Gasteiger partial charge on any atom is 0.325 e. The first-order chi connectivity index (χ1) is 11.7. The Balaban J connectivity index is 1.50. The van der Waals surface area contributed by atoms with Crippen molar-refractivity contribution in [2.45, 2.75) is 23.3 Å². The molecule has 2 amide bonds. The molecule has 0 fully saturated rings. The number of thiazole rings is 1. The number of pyridine rings is 1. The third kappa shape index (κ3) is 4.56. The van der Waals surface area contributed by atoms with Gasteiger partial charge >= 0.3 is 6.03 Å². The van der Waals surface area contributed by atoms with Crippen molar-refractivity contribution in [1.82, 2.24) is 15.0 Å². The maximum atomic E-state index is 11.9. The van der Waals surface area contributed by atoms with Gasteiger partial charge in [0.15, 0.2) is 5.13 Å². The molecule has 0 radical (unpaired) electrons. The number of urea groups is 1. The van der Waals surface area contributed by atoms with Gasteiger partial charge in [-0.25, -0.2) is 14.8 Å². The molecular formula is C15H15N5O2S2. The van der Waals surface area contributed by atoms with E-state index in [1.54, 1.807) is 48.7 Å². The van der Waals surface area contributed by atoms with E-state index in [4.69, 9.17) is 4.42 Å². The number of carbonyl (C=O) groups excluding carboxylic acids is 1. The number of hydrogen-bond acceptors (Lipinski definition) is 7. The van der Waals surface area contributed by atoms with Gasteiger partial charge in [-0.1, -0.05) is 18.3 Å². The predicted octanol–water partition coefficient (Wildman–Crippen LogP) is 4.02. The van der Waals surface area contributed by atoms with E-state index in [9.17, 15) is 4.79 Å². The lowest BCUT2D eigenvalue weighted by Crippen LogP contribution is -2.19. The molecule has 3 aromatic heterocycles. The van der Waals surface area contributed by atoms with Crippen LogP contribution >= 0.6 is 23.1 Å². The Bertz CT molecular complexity index is 803. The molecule has 0 aromatic carbocycles. The molecule has 0 saturated carbocycles. The highest BCUT2D eigenvalue weighted by Crippen LogP contribution is 2.30. The third-order valence-electron chi connectivity index (χ3n) is 2.93. The fourth-order valence-corrected chi connectivity index (χ4v) is 3.51. The van der Waals surface area contributed by atoms with E-state index in [0.29, 0.717) is 22.5 Å². The third-order valence-corrected chi connectivity index (χ3v) is 5.02. The summed E-state index contributed by atoms with van der Waals surface area (Å²) in [7, 11) is 0. The number of oxazole rings is 1. The quantitative estimate of drug-likeness (QED) is 0.644. The van der Waals surface area contributed by atoms with Crippen molar-refractivity contribution in [1.29, 1.82) is 0 Å². The molecular weight excluding hydrogens is 346 g/mol. The van der Waals surface area contributed by atoms with Crippen LogP contribution in [-0.2, 0) is 12.2 Å². The molecule has 2 N–H and O–H groups in total. The minimum atomic E-state index is -0.340. The van der Waals surface area contributed by atoms with Crippen molar-refractivity contribution in [3.63, 3.8) is 0 Å². The summed E-state index contributed by atoms with van der Waals surface area (Å²) in [5, 5.41) is 5.95. The number of amides is 2. The topological polar surface area (TPSA) is 92.9 Å². The van der Waals surface area contributed by atoms with Gasteiger partial charge in [0.25, 0.3) is 0 Å². The van der Waals surface area contributed by atoms with Crippen molar-refractivity contribution in [3.8, 4) is 0 Å². The largest absolute Gasteiger partial charge is 0.445 e. The monoisotopic (exact) mass is 361 g/mol. The molecule has 0 bridgehead atoms. The fraction of sp³-hybridized carbons (Fsp3) is 0.200. The Morgan fingerprint density at radius 3 is 2.83 bits per heavy atom. The van der Waals surface area contributed by atoms with E-state index in [1.165, 1.54) is 11.3 Å². The minimum absolute atomic E-state index is 0.340. The summed E-state index contributed by atoms with van der Waals surface area (Å²) >= 11 is 2.97. The number of anilines is 2. The second kappa shape index (κ2) is 7.93. The van der Waals surface area contributed by atoms with Crippen LogP contribution in [0.25, 0.3) is 0 Å². The number of rotatable bonds is 6. The average molecular weight is 361 g/mol. The van der Waals surface area contributed by atoms with Crippen molar-refractivity contribution in [2.24, 2.45) is 0 Å². The molecule has 9 heteroatoms. The van der Waals surface area contributed by atoms with E-state index < -0.39 is 0 Å². The van der Waals surface area contributed by atoms with Crippen LogP contribution in [0.4, 0.5) is 15.6 Å². The van der Waals surface area contributed by atoms with Crippen molar-refractivity contribution in [2.75, 3.05) is 10.6 Å². The van der Waals surface area contributed by atoms with E-state index in [1.807, 2.05) is 6.92 Å². The average Bonchev–Trinajstić information content (AvgIpc) is 3.22. The summed E-state index contributed by atoms with van der Waals surface area (Å²) in [4.78, 5) is 24.2. The van der Waals surface area contributed by atoms with Gasteiger partial charge in [0, 0.05) is 24.5 Å². The number of carbonyl (C=O) groups is 1. The molecule has 0 spiro atoms. The highest BCUT2D eigenvalue weighted by atomic mass is 32.2. The van der Waals surface area contributed by atoms with Crippen molar-refractivity contribution < 1.29 is 9.21 Å². The van der Waals surface area contributed by atoms with Crippen LogP contribution < -0.4 is 10.6 Å². The molecule has 0 aliphatic heterocycles. The van der Waals surface area contributed by atoms with E-state index >= 15 is 0 Å². The Labute approximate surface area is 146 Å². The molecule has 3 aromatic rings. The molecule has 0 unspecified atom stereocenters. The molecule has 0 saturated heterocycles. The fourth-order valence-electron chi connectivity index (χ4n) is 1.79. The van der Waals surface area contributed by atoms with Crippen LogP contribution in [0.1, 0.15) is 18.6 Å². The molecule has 24 heavy (non-hydrogen) atoms. The summed E-state index contributed by atoms with van der Waals surface area (Å²) < 4.78 is 6.54. The Morgan fingerprint density at radius 1 is 1.25 bits per heavy atom.